The number of rotatable bonds is 4. The van der Waals surface area contributed by atoms with E-state index in [1.54, 1.807) is 24.1 Å². The summed E-state index contributed by atoms with van der Waals surface area (Å²) in [6, 6.07) is 15.0. The van der Waals surface area contributed by atoms with Gasteiger partial charge in [-0.15, -0.1) is 0 Å². The van der Waals surface area contributed by atoms with Crippen LogP contribution in [0.25, 0.3) is 0 Å². The van der Waals surface area contributed by atoms with E-state index in [2.05, 4.69) is 5.32 Å². The predicted molar refractivity (Wildman–Crippen MR) is 93.3 cm³/mol. The number of carbonyl (C=O) groups is 2. The third-order valence-corrected chi connectivity index (χ3v) is 4.27. The molecule has 5 heteroatoms. The van der Waals surface area contributed by atoms with Crippen LogP contribution in [-0.4, -0.2) is 25.5 Å². The SMILES string of the molecule is COc1ccccc1NC(=O)[C@@H]1CC(=O)N(c2ccccc2C)C1. The summed E-state index contributed by atoms with van der Waals surface area (Å²) in [6.45, 7) is 2.36. The molecule has 1 N–H and O–H groups in total. The fraction of sp³-hybridized carbons (Fsp3) is 0.263. The number of anilines is 2. The first-order chi connectivity index (χ1) is 11.6. The van der Waals surface area contributed by atoms with Crippen molar-refractivity contribution >= 4 is 23.2 Å². The molecule has 0 aliphatic carbocycles. The lowest BCUT2D eigenvalue weighted by Crippen LogP contribution is -2.28. The number of aryl methyl sites for hydroxylation is 1. The van der Waals surface area contributed by atoms with E-state index < -0.39 is 0 Å². The lowest BCUT2D eigenvalue weighted by Gasteiger charge is -2.19. The fourth-order valence-corrected chi connectivity index (χ4v) is 2.97. The molecule has 0 saturated carbocycles. The van der Waals surface area contributed by atoms with Gasteiger partial charge in [-0.05, 0) is 30.7 Å². The second kappa shape index (κ2) is 6.74. The van der Waals surface area contributed by atoms with Crippen LogP contribution in [0, 0.1) is 12.8 Å². The Morgan fingerprint density at radius 2 is 1.88 bits per heavy atom. The maximum Gasteiger partial charge on any atom is 0.229 e. The maximum absolute atomic E-state index is 12.5. The van der Waals surface area contributed by atoms with Crippen LogP contribution in [0.3, 0.4) is 0 Å². The summed E-state index contributed by atoms with van der Waals surface area (Å²) in [5.74, 6) is 0.0429. The molecule has 2 aromatic carbocycles. The molecule has 1 fully saturated rings. The molecule has 0 aromatic heterocycles. The predicted octanol–water partition coefficient (Wildman–Crippen LogP) is 3.00. The van der Waals surface area contributed by atoms with Gasteiger partial charge in [0, 0.05) is 18.7 Å². The number of benzene rings is 2. The van der Waals surface area contributed by atoms with E-state index in [1.807, 2.05) is 43.3 Å². The molecule has 124 valence electrons. The summed E-state index contributed by atoms with van der Waals surface area (Å²) in [6.07, 6.45) is 0.218. The van der Waals surface area contributed by atoms with E-state index >= 15 is 0 Å². The van der Waals surface area contributed by atoms with Crippen molar-refractivity contribution in [3.8, 4) is 5.75 Å². The summed E-state index contributed by atoms with van der Waals surface area (Å²) < 4.78 is 5.24. The van der Waals surface area contributed by atoms with Crippen LogP contribution >= 0.6 is 0 Å². The lowest BCUT2D eigenvalue weighted by molar-refractivity contribution is -0.122. The number of nitrogens with zero attached hydrogens (tertiary/aromatic N) is 1. The number of methoxy groups -OCH3 is 1. The lowest BCUT2D eigenvalue weighted by atomic mass is 10.1. The molecule has 1 saturated heterocycles. The Morgan fingerprint density at radius 1 is 1.17 bits per heavy atom. The summed E-state index contributed by atoms with van der Waals surface area (Å²) in [4.78, 5) is 26.6. The minimum Gasteiger partial charge on any atom is -0.495 e. The minimum atomic E-state index is -0.373. The highest BCUT2D eigenvalue weighted by Gasteiger charge is 2.35. The van der Waals surface area contributed by atoms with Crippen molar-refractivity contribution in [2.24, 2.45) is 5.92 Å². The Morgan fingerprint density at radius 3 is 2.62 bits per heavy atom. The number of amides is 2. The first kappa shape index (κ1) is 16.1. The van der Waals surface area contributed by atoms with E-state index in [4.69, 9.17) is 4.74 Å². The quantitative estimate of drug-likeness (QED) is 0.940. The molecule has 2 aromatic rings. The average Bonchev–Trinajstić information content (AvgIpc) is 2.97. The molecule has 5 nitrogen and oxygen atoms in total. The Hall–Kier alpha value is -2.82. The zero-order chi connectivity index (χ0) is 17.1. The highest BCUT2D eigenvalue weighted by molar-refractivity contribution is 6.04. The fourth-order valence-electron chi connectivity index (χ4n) is 2.97. The van der Waals surface area contributed by atoms with Gasteiger partial charge < -0.3 is 15.0 Å². The van der Waals surface area contributed by atoms with Crippen LogP contribution in [0.4, 0.5) is 11.4 Å². The first-order valence-electron chi connectivity index (χ1n) is 7.90. The second-order valence-corrected chi connectivity index (χ2v) is 5.88. The van der Waals surface area contributed by atoms with Crippen molar-refractivity contribution in [3.05, 3.63) is 54.1 Å². The number of para-hydroxylation sites is 3. The molecule has 0 radical (unpaired) electrons. The van der Waals surface area contributed by atoms with Crippen LogP contribution in [0.15, 0.2) is 48.5 Å². The molecular formula is C19H20N2O3. The van der Waals surface area contributed by atoms with Gasteiger partial charge in [-0.25, -0.2) is 0 Å². The maximum atomic E-state index is 12.5. The molecular weight excluding hydrogens is 304 g/mol. The van der Waals surface area contributed by atoms with E-state index in [0.29, 0.717) is 18.0 Å². The van der Waals surface area contributed by atoms with Gasteiger partial charge in [0.2, 0.25) is 11.8 Å². The highest BCUT2D eigenvalue weighted by Crippen LogP contribution is 2.29. The first-order valence-corrected chi connectivity index (χ1v) is 7.90. The molecule has 24 heavy (non-hydrogen) atoms. The summed E-state index contributed by atoms with van der Waals surface area (Å²) in [7, 11) is 1.56. The third kappa shape index (κ3) is 3.11. The highest BCUT2D eigenvalue weighted by atomic mass is 16.5. The van der Waals surface area contributed by atoms with Crippen molar-refractivity contribution in [2.75, 3.05) is 23.9 Å². The molecule has 1 atom stereocenters. The molecule has 1 heterocycles. The number of ether oxygens (including phenoxy) is 1. The molecule has 0 bridgehead atoms. The normalized spacial score (nSPS) is 17.0. The van der Waals surface area contributed by atoms with Gasteiger partial charge in [-0.1, -0.05) is 30.3 Å². The Labute approximate surface area is 141 Å². The summed E-state index contributed by atoms with van der Waals surface area (Å²) >= 11 is 0. The van der Waals surface area contributed by atoms with Crippen LogP contribution in [-0.2, 0) is 9.59 Å². The zero-order valence-corrected chi connectivity index (χ0v) is 13.8. The summed E-state index contributed by atoms with van der Waals surface area (Å²) in [5.41, 5.74) is 2.51. The van der Waals surface area contributed by atoms with Crippen LogP contribution in [0.2, 0.25) is 0 Å². The Bertz CT molecular complexity index is 773. The molecule has 0 unspecified atom stereocenters. The largest absolute Gasteiger partial charge is 0.495 e. The van der Waals surface area contributed by atoms with Crippen molar-refractivity contribution in [3.63, 3.8) is 0 Å². The second-order valence-electron chi connectivity index (χ2n) is 5.88. The molecule has 0 spiro atoms. The van der Waals surface area contributed by atoms with Gasteiger partial charge in [0.05, 0.1) is 18.7 Å². The smallest absolute Gasteiger partial charge is 0.229 e. The van der Waals surface area contributed by atoms with Crippen molar-refractivity contribution in [1.82, 2.24) is 0 Å². The molecule has 3 rings (SSSR count). The van der Waals surface area contributed by atoms with E-state index in [1.165, 1.54) is 0 Å². The van der Waals surface area contributed by atoms with Gasteiger partial charge >= 0.3 is 0 Å². The van der Waals surface area contributed by atoms with Gasteiger partial charge in [-0.2, -0.15) is 0 Å². The number of nitrogens with one attached hydrogen (secondary N) is 1. The van der Waals surface area contributed by atoms with Crippen LogP contribution in [0.1, 0.15) is 12.0 Å². The zero-order valence-electron chi connectivity index (χ0n) is 13.8. The van der Waals surface area contributed by atoms with Crippen molar-refractivity contribution < 1.29 is 14.3 Å². The van der Waals surface area contributed by atoms with Crippen LogP contribution < -0.4 is 15.0 Å². The average molecular weight is 324 g/mol. The number of hydrogen-bond donors (Lipinski definition) is 1. The Kier molecular flexibility index (Phi) is 4.51. The Balaban J connectivity index is 1.74. The van der Waals surface area contributed by atoms with E-state index in [9.17, 15) is 9.59 Å². The topological polar surface area (TPSA) is 58.6 Å². The van der Waals surface area contributed by atoms with Gasteiger partial charge in [0.25, 0.3) is 0 Å². The molecule has 1 aliphatic rings. The van der Waals surface area contributed by atoms with E-state index in [0.717, 1.165) is 11.3 Å². The van der Waals surface area contributed by atoms with Gasteiger partial charge in [0.1, 0.15) is 5.75 Å². The van der Waals surface area contributed by atoms with Gasteiger partial charge in [-0.3, -0.25) is 9.59 Å². The van der Waals surface area contributed by atoms with Crippen molar-refractivity contribution in [2.45, 2.75) is 13.3 Å². The molecule has 2 amide bonds. The summed E-state index contributed by atoms with van der Waals surface area (Å²) in [5, 5.41) is 2.87. The number of hydrogen-bond acceptors (Lipinski definition) is 3. The molecule has 1 aliphatic heterocycles. The monoisotopic (exact) mass is 324 g/mol. The number of carbonyl (C=O) groups excluding carboxylic acids is 2. The van der Waals surface area contributed by atoms with Gasteiger partial charge in [0.15, 0.2) is 0 Å². The van der Waals surface area contributed by atoms with Crippen molar-refractivity contribution in [1.29, 1.82) is 0 Å². The van der Waals surface area contributed by atoms with Crippen LogP contribution in [0.5, 0.6) is 5.75 Å². The standard InChI is InChI=1S/C19H20N2O3/c1-13-7-3-5-9-16(13)21-12-14(11-18(21)22)19(23)20-15-8-4-6-10-17(15)24-2/h3-10,14H,11-12H2,1-2H3,(H,20,23)/t14-/m1/s1. The van der Waals surface area contributed by atoms with E-state index in [-0.39, 0.29) is 24.2 Å². The third-order valence-electron chi connectivity index (χ3n) is 4.27. The minimum absolute atomic E-state index is 0.0236.